The van der Waals surface area contributed by atoms with Crippen LogP contribution in [0, 0.1) is 23.5 Å². The van der Waals surface area contributed by atoms with Gasteiger partial charge in [-0.25, -0.2) is 18.3 Å². The van der Waals surface area contributed by atoms with Crippen molar-refractivity contribution >= 4 is 24.9 Å². The SMILES string of the molecule is Cn1nc(C(=O)O)nc1N1C[C@@H]2C[C@H](C1)[C@@H]1CCC[C@H](c3cc(F)cc(F)c3)N1C2.O=CO.O=CO. The number of carboxylic acid groups (broad SMARTS) is 3. The van der Waals surface area contributed by atoms with Crippen molar-refractivity contribution in [3.8, 4) is 0 Å². The normalized spacial score (nSPS) is 24.8. The summed E-state index contributed by atoms with van der Waals surface area (Å²) in [6.07, 6.45) is 4.12. The van der Waals surface area contributed by atoms with Crippen LogP contribution in [0.3, 0.4) is 0 Å². The maximum absolute atomic E-state index is 13.9. The average molecular weight is 510 g/mol. The van der Waals surface area contributed by atoms with E-state index in [1.807, 2.05) is 0 Å². The van der Waals surface area contributed by atoms with Gasteiger partial charge in [-0.2, -0.15) is 4.98 Å². The fraction of sp³-hybridized carbons (Fsp3) is 0.522. The van der Waals surface area contributed by atoms with E-state index >= 15 is 0 Å². The van der Waals surface area contributed by atoms with Gasteiger partial charge >= 0.3 is 5.97 Å². The van der Waals surface area contributed by atoms with Gasteiger partial charge in [0.15, 0.2) is 0 Å². The first-order chi connectivity index (χ1) is 17.2. The fourth-order valence-corrected chi connectivity index (χ4v) is 5.84. The van der Waals surface area contributed by atoms with E-state index in [1.165, 1.54) is 12.1 Å². The first kappa shape index (κ1) is 27.0. The number of carbonyl (C=O) groups is 3. The van der Waals surface area contributed by atoms with Gasteiger partial charge in [-0.1, -0.05) is 0 Å². The van der Waals surface area contributed by atoms with Crippen LogP contribution in [0.1, 0.15) is 47.9 Å². The molecule has 3 aliphatic rings. The van der Waals surface area contributed by atoms with Crippen LogP contribution in [0.2, 0.25) is 0 Å². The number of rotatable bonds is 3. The van der Waals surface area contributed by atoms with Crippen LogP contribution in [0.4, 0.5) is 14.7 Å². The van der Waals surface area contributed by atoms with Crippen molar-refractivity contribution in [1.82, 2.24) is 19.7 Å². The average Bonchev–Trinajstić information content (AvgIpc) is 3.21. The van der Waals surface area contributed by atoms with E-state index in [9.17, 15) is 18.7 Å². The molecule has 0 unspecified atom stereocenters. The quantitative estimate of drug-likeness (QED) is 0.526. The predicted octanol–water partition coefficient (Wildman–Crippen LogP) is 2.24. The summed E-state index contributed by atoms with van der Waals surface area (Å²) in [6.45, 7) is 1.92. The Morgan fingerprint density at radius 2 is 1.69 bits per heavy atom. The summed E-state index contributed by atoms with van der Waals surface area (Å²) >= 11 is 0. The molecule has 1 aromatic carbocycles. The van der Waals surface area contributed by atoms with Crippen LogP contribution in [0.5, 0.6) is 0 Å². The van der Waals surface area contributed by atoms with Crippen molar-refractivity contribution in [3.63, 3.8) is 0 Å². The summed E-state index contributed by atoms with van der Waals surface area (Å²) in [6, 6.07) is 4.26. The standard InChI is InChI=1S/C21H25F2N5O2.2CH2O2/c1-26-21(24-19(25-26)20(29)30)27-9-12-5-14(11-27)18-4-2-3-17(28(18)10-12)13-6-15(22)8-16(23)7-13;2*2-1-3/h6-8,12,14,17-18H,2-5,9-11H2,1H3,(H,29,30);2*1H,(H,2,3)/t12-,14+,17+,18-;;/m0../s1. The summed E-state index contributed by atoms with van der Waals surface area (Å²) in [7, 11) is 1.72. The number of aryl methyl sites for hydroxylation is 1. The zero-order valence-corrected chi connectivity index (χ0v) is 19.7. The molecule has 1 aromatic heterocycles. The van der Waals surface area contributed by atoms with Gasteiger partial charge in [-0.3, -0.25) is 14.5 Å². The topological polar surface area (TPSA) is 149 Å². The van der Waals surface area contributed by atoms with Crippen LogP contribution < -0.4 is 4.90 Å². The second-order valence-electron chi connectivity index (χ2n) is 9.06. The van der Waals surface area contributed by atoms with Gasteiger partial charge in [-0.05, 0) is 55.2 Å². The molecule has 0 aliphatic carbocycles. The molecule has 4 heterocycles. The smallest absolute Gasteiger partial charge is 0.375 e. The number of benzene rings is 1. The van der Waals surface area contributed by atoms with Crippen molar-refractivity contribution in [2.45, 2.75) is 37.8 Å². The minimum absolute atomic E-state index is 0.0410. The summed E-state index contributed by atoms with van der Waals surface area (Å²) in [4.78, 5) is 36.8. The molecule has 3 saturated heterocycles. The second-order valence-corrected chi connectivity index (χ2v) is 9.06. The number of halogens is 2. The maximum Gasteiger partial charge on any atom is 0.375 e. The number of fused-ring (bicyclic) bond motifs is 4. The minimum atomic E-state index is -1.13. The maximum atomic E-state index is 13.9. The van der Waals surface area contributed by atoms with Gasteiger partial charge in [0.2, 0.25) is 5.95 Å². The van der Waals surface area contributed by atoms with E-state index < -0.39 is 17.6 Å². The molecular formula is C23H29F2N5O6. The number of carboxylic acids is 1. The first-order valence-electron chi connectivity index (χ1n) is 11.5. The van der Waals surface area contributed by atoms with Gasteiger partial charge < -0.3 is 20.2 Å². The van der Waals surface area contributed by atoms with Gasteiger partial charge in [-0.15, -0.1) is 5.10 Å². The largest absolute Gasteiger partial charge is 0.483 e. The third kappa shape index (κ3) is 5.96. The van der Waals surface area contributed by atoms with Crippen molar-refractivity contribution in [2.75, 3.05) is 24.5 Å². The van der Waals surface area contributed by atoms with Crippen molar-refractivity contribution < 1.29 is 38.5 Å². The van der Waals surface area contributed by atoms with E-state index in [-0.39, 0.29) is 24.8 Å². The van der Waals surface area contributed by atoms with E-state index in [0.717, 1.165) is 56.9 Å². The monoisotopic (exact) mass is 509 g/mol. The summed E-state index contributed by atoms with van der Waals surface area (Å²) in [5.74, 6) is -0.963. The first-order valence-corrected chi connectivity index (χ1v) is 11.5. The van der Waals surface area contributed by atoms with Crippen molar-refractivity contribution in [1.29, 1.82) is 0 Å². The lowest BCUT2D eigenvalue weighted by Gasteiger charge is -2.55. The molecule has 2 aromatic rings. The molecule has 4 atom stereocenters. The van der Waals surface area contributed by atoms with Crippen molar-refractivity contribution in [2.24, 2.45) is 18.9 Å². The van der Waals surface area contributed by atoms with E-state index in [4.69, 9.17) is 19.8 Å². The van der Waals surface area contributed by atoms with E-state index in [2.05, 4.69) is 19.9 Å². The Morgan fingerprint density at radius 3 is 2.28 bits per heavy atom. The van der Waals surface area contributed by atoms with Crippen molar-refractivity contribution in [3.05, 3.63) is 41.2 Å². The Morgan fingerprint density at radius 1 is 1.06 bits per heavy atom. The molecule has 3 aliphatic heterocycles. The second kappa shape index (κ2) is 11.9. The number of nitrogens with zero attached hydrogens (tertiary/aromatic N) is 5. The van der Waals surface area contributed by atoms with Crippen LogP contribution in [-0.4, -0.2) is 79.6 Å². The van der Waals surface area contributed by atoms with Gasteiger partial charge in [0, 0.05) is 44.8 Å². The number of anilines is 1. The Balaban J connectivity index is 0.000000550. The lowest BCUT2D eigenvalue weighted by atomic mass is 9.74. The van der Waals surface area contributed by atoms with E-state index in [0.29, 0.717) is 23.8 Å². The molecule has 0 spiro atoms. The summed E-state index contributed by atoms with van der Waals surface area (Å²) < 4.78 is 29.2. The fourth-order valence-electron chi connectivity index (χ4n) is 5.84. The lowest BCUT2D eigenvalue weighted by molar-refractivity contribution is -0.123. The molecule has 196 valence electrons. The highest BCUT2D eigenvalue weighted by molar-refractivity contribution is 5.83. The highest BCUT2D eigenvalue weighted by Crippen LogP contribution is 2.45. The molecule has 3 fully saturated rings. The van der Waals surface area contributed by atoms with Crippen LogP contribution in [-0.2, 0) is 16.6 Å². The minimum Gasteiger partial charge on any atom is -0.483 e. The Kier molecular flexibility index (Phi) is 8.91. The molecule has 5 rings (SSSR count). The number of aromatic carboxylic acids is 1. The van der Waals surface area contributed by atoms with Gasteiger partial charge in [0.25, 0.3) is 18.8 Å². The van der Waals surface area contributed by atoms with Gasteiger partial charge in [0.05, 0.1) is 0 Å². The molecule has 36 heavy (non-hydrogen) atoms. The third-order valence-electron chi connectivity index (χ3n) is 6.87. The molecule has 13 heteroatoms. The predicted molar refractivity (Wildman–Crippen MR) is 123 cm³/mol. The molecule has 0 radical (unpaired) electrons. The number of hydrogen-bond donors (Lipinski definition) is 3. The Hall–Kier alpha value is -3.61. The summed E-state index contributed by atoms with van der Waals surface area (Å²) in [5, 5.41) is 27.0. The molecular weight excluding hydrogens is 480 g/mol. The summed E-state index contributed by atoms with van der Waals surface area (Å²) in [5.41, 5.74) is 0.730. The van der Waals surface area contributed by atoms with Crippen LogP contribution >= 0.6 is 0 Å². The molecule has 2 bridgehead atoms. The van der Waals surface area contributed by atoms with E-state index in [1.54, 1.807) is 11.7 Å². The van der Waals surface area contributed by atoms with Crippen LogP contribution in [0.15, 0.2) is 18.2 Å². The molecule has 0 amide bonds. The van der Waals surface area contributed by atoms with Crippen LogP contribution in [0.25, 0.3) is 0 Å². The Bertz CT molecular complexity index is 1060. The number of aromatic nitrogens is 3. The molecule has 3 N–H and O–H groups in total. The third-order valence-corrected chi connectivity index (χ3v) is 6.87. The molecule has 11 nitrogen and oxygen atoms in total. The lowest BCUT2D eigenvalue weighted by Crippen LogP contribution is -2.60. The zero-order chi connectivity index (χ0) is 26.4. The Labute approximate surface area is 206 Å². The highest BCUT2D eigenvalue weighted by Gasteiger charge is 2.45. The highest BCUT2D eigenvalue weighted by atomic mass is 19.1. The van der Waals surface area contributed by atoms with Gasteiger partial charge in [0.1, 0.15) is 11.6 Å². The number of piperidine rings is 3. The molecule has 0 saturated carbocycles. The zero-order valence-electron chi connectivity index (χ0n) is 19.7. The number of hydrogen-bond acceptors (Lipinski definition) is 7.